The molecule has 0 spiro atoms. The lowest BCUT2D eigenvalue weighted by Crippen LogP contribution is -2.11. The van der Waals surface area contributed by atoms with E-state index in [9.17, 15) is 4.79 Å². The molecule has 0 radical (unpaired) electrons. The van der Waals surface area contributed by atoms with E-state index in [0.29, 0.717) is 11.4 Å². The normalized spacial score (nSPS) is 14.5. The van der Waals surface area contributed by atoms with Crippen LogP contribution in [0.3, 0.4) is 0 Å². The van der Waals surface area contributed by atoms with Crippen molar-refractivity contribution in [2.75, 3.05) is 7.11 Å². The molecule has 3 heteroatoms. The van der Waals surface area contributed by atoms with Crippen LogP contribution in [0.5, 0.6) is 5.88 Å². The Morgan fingerprint density at radius 2 is 1.93 bits per heavy atom. The summed E-state index contributed by atoms with van der Waals surface area (Å²) in [4.78, 5) is 15.4. The number of hydrogen-bond acceptors (Lipinski definition) is 3. The minimum absolute atomic E-state index is 0.475. The van der Waals surface area contributed by atoms with Crippen LogP contribution in [0.25, 0.3) is 0 Å². The highest BCUT2D eigenvalue weighted by atomic mass is 16.5. The van der Waals surface area contributed by atoms with E-state index in [1.165, 1.54) is 12.0 Å². The summed E-state index contributed by atoms with van der Waals surface area (Å²) in [5, 5.41) is 0. The van der Waals surface area contributed by atoms with Crippen molar-refractivity contribution in [1.82, 2.24) is 4.98 Å². The molecule has 15 heavy (non-hydrogen) atoms. The van der Waals surface area contributed by atoms with Gasteiger partial charge in [-0.2, -0.15) is 0 Å². The number of aldehydes is 1. The Labute approximate surface area is 89.5 Å². The topological polar surface area (TPSA) is 39.2 Å². The molecule has 0 aromatic carbocycles. The van der Waals surface area contributed by atoms with Gasteiger partial charge in [0.25, 0.3) is 0 Å². The molecule has 3 nitrogen and oxygen atoms in total. The van der Waals surface area contributed by atoms with Gasteiger partial charge in [0.05, 0.1) is 12.7 Å². The molecule has 0 unspecified atom stereocenters. The van der Waals surface area contributed by atoms with Gasteiger partial charge in [-0.05, 0) is 43.7 Å². The molecule has 80 valence electrons. The van der Waals surface area contributed by atoms with Crippen LogP contribution in [0.1, 0.15) is 40.0 Å². The van der Waals surface area contributed by atoms with E-state index in [4.69, 9.17) is 4.74 Å². The number of methoxy groups -OCH3 is 1. The number of hydrogen-bond donors (Lipinski definition) is 0. The van der Waals surface area contributed by atoms with Crippen molar-refractivity contribution >= 4 is 6.29 Å². The Kier molecular flexibility index (Phi) is 2.71. The van der Waals surface area contributed by atoms with E-state index >= 15 is 0 Å². The summed E-state index contributed by atoms with van der Waals surface area (Å²) in [6, 6.07) is 0. The molecular weight excluding hydrogens is 190 g/mol. The second kappa shape index (κ2) is 4.01. The Morgan fingerprint density at radius 3 is 2.53 bits per heavy atom. The number of aromatic nitrogens is 1. The summed E-state index contributed by atoms with van der Waals surface area (Å²) < 4.78 is 5.14. The Balaban J connectivity index is 2.64. The van der Waals surface area contributed by atoms with Gasteiger partial charge >= 0.3 is 0 Å². The predicted octanol–water partition coefficient (Wildman–Crippen LogP) is 2.09. The highest BCUT2D eigenvalue weighted by molar-refractivity contribution is 5.81. The first kappa shape index (κ1) is 10.1. The summed E-state index contributed by atoms with van der Waals surface area (Å²) in [6.07, 6.45) is 5.23. The number of ether oxygens (including phenoxy) is 1. The third-order valence-corrected chi connectivity index (χ3v) is 3.04. The molecule has 0 N–H and O–H groups in total. The van der Waals surface area contributed by atoms with Gasteiger partial charge in [0.1, 0.15) is 0 Å². The summed E-state index contributed by atoms with van der Waals surface area (Å²) >= 11 is 0. The molecule has 0 aliphatic heterocycles. The number of nitrogens with zero attached hydrogens (tertiary/aromatic N) is 1. The van der Waals surface area contributed by atoms with Gasteiger partial charge < -0.3 is 4.74 Å². The van der Waals surface area contributed by atoms with Gasteiger partial charge in [0.2, 0.25) is 5.88 Å². The first-order valence-electron chi connectivity index (χ1n) is 5.29. The second-order valence-electron chi connectivity index (χ2n) is 3.90. The first-order chi connectivity index (χ1) is 7.27. The monoisotopic (exact) mass is 205 g/mol. The molecule has 1 aromatic rings. The first-order valence-corrected chi connectivity index (χ1v) is 5.29. The highest BCUT2D eigenvalue weighted by Crippen LogP contribution is 2.30. The molecule has 1 aromatic heterocycles. The number of aryl methyl sites for hydroxylation is 1. The van der Waals surface area contributed by atoms with Crippen molar-refractivity contribution in [3.8, 4) is 5.88 Å². The molecule has 0 atom stereocenters. The molecule has 0 amide bonds. The molecule has 2 rings (SSSR count). The number of carbonyl (C=O) groups is 1. The van der Waals surface area contributed by atoms with E-state index < -0.39 is 0 Å². The second-order valence-corrected chi connectivity index (χ2v) is 3.90. The van der Waals surface area contributed by atoms with Crippen LogP contribution in [0.4, 0.5) is 0 Å². The number of carbonyl (C=O) groups excluding carboxylic acids is 1. The van der Waals surface area contributed by atoms with Gasteiger partial charge in [-0.25, -0.2) is 4.98 Å². The van der Waals surface area contributed by atoms with Crippen molar-refractivity contribution in [3.05, 3.63) is 22.4 Å². The molecule has 1 heterocycles. The van der Waals surface area contributed by atoms with Gasteiger partial charge in [-0.15, -0.1) is 0 Å². The summed E-state index contributed by atoms with van der Waals surface area (Å²) in [7, 11) is 1.56. The maximum Gasteiger partial charge on any atom is 0.224 e. The smallest absolute Gasteiger partial charge is 0.224 e. The van der Waals surface area contributed by atoms with Crippen LogP contribution in [0, 0.1) is 6.92 Å². The van der Waals surface area contributed by atoms with E-state index in [2.05, 4.69) is 4.98 Å². The van der Waals surface area contributed by atoms with Gasteiger partial charge in [-0.1, -0.05) is 0 Å². The van der Waals surface area contributed by atoms with Crippen LogP contribution in [0.15, 0.2) is 0 Å². The van der Waals surface area contributed by atoms with Crippen LogP contribution in [-0.4, -0.2) is 18.4 Å². The van der Waals surface area contributed by atoms with E-state index in [1.807, 2.05) is 6.92 Å². The third-order valence-electron chi connectivity index (χ3n) is 3.04. The SMILES string of the molecule is COc1nc(C)c2c(c1C=O)CCCC2. The lowest BCUT2D eigenvalue weighted by Gasteiger charge is -2.20. The lowest BCUT2D eigenvalue weighted by molar-refractivity contribution is 0.111. The standard InChI is InChI=1S/C12H15NO2/c1-8-9-5-3-4-6-10(9)11(7-14)12(13-8)15-2/h7H,3-6H2,1-2H3. The predicted molar refractivity (Wildman–Crippen MR) is 57.6 cm³/mol. The zero-order valence-electron chi connectivity index (χ0n) is 9.17. The van der Waals surface area contributed by atoms with Crippen LogP contribution >= 0.6 is 0 Å². The third kappa shape index (κ3) is 1.62. The maximum absolute atomic E-state index is 11.0. The van der Waals surface area contributed by atoms with Gasteiger partial charge in [0, 0.05) is 5.69 Å². The van der Waals surface area contributed by atoms with Crippen molar-refractivity contribution in [1.29, 1.82) is 0 Å². The van der Waals surface area contributed by atoms with Gasteiger partial charge in [-0.3, -0.25) is 4.79 Å². The van der Waals surface area contributed by atoms with Gasteiger partial charge in [0.15, 0.2) is 6.29 Å². The Morgan fingerprint density at radius 1 is 1.27 bits per heavy atom. The van der Waals surface area contributed by atoms with Crippen molar-refractivity contribution in [2.45, 2.75) is 32.6 Å². The summed E-state index contributed by atoms with van der Waals surface area (Å²) in [5.74, 6) is 0.475. The number of pyridine rings is 1. The molecule has 0 saturated heterocycles. The highest BCUT2D eigenvalue weighted by Gasteiger charge is 2.20. The zero-order valence-corrected chi connectivity index (χ0v) is 9.17. The largest absolute Gasteiger partial charge is 0.480 e. The van der Waals surface area contributed by atoms with E-state index in [1.54, 1.807) is 7.11 Å². The van der Waals surface area contributed by atoms with E-state index in [-0.39, 0.29) is 0 Å². The quantitative estimate of drug-likeness (QED) is 0.694. The fourth-order valence-electron chi connectivity index (χ4n) is 2.29. The Hall–Kier alpha value is -1.38. The number of rotatable bonds is 2. The molecule has 0 bridgehead atoms. The van der Waals surface area contributed by atoms with Crippen molar-refractivity contribution in [3.63, 3.8) is 0 Å². The fraction of sp³-hybridized carbons (Fsp3) is 0.500. The Bertz CT molecular complexity index is 399. The van der Waals surface area contributed by atoms with Crippen LogP contribution < -0.4 is 4.74 Å². The average Bonchev–Trinajstić information content (AvgIpc) is 2.29. The van der Waals surface area contributed by atoms with E-state index in [0.717, 1.165) is 36.8 Å². The number of fused-ring (bicyclic) bond motifs is 1. The van der Waals surface area contributed by atoms with Crippen LogP contribution in [-0.2, 0) is 12.8 Å². The summed E-state index contributed by atoms with van der Waals surface area (Å²) in [5.41, 5.74) is 4.06. The van der Waals surface area contributed by atoms with Crippen molar-refractivity contribution < 1.29 is 9.53 Å². The lowest BCUT2D eigenvalue weighted by atomic mass is 9.88. The maximum atomic E-state index is 11.0. The molecule has 0 saturated carbocycles. The molecule has 1 aliphatic carbocycles. The van der Waals surface area contributed by atoms with Crippen molar-refractivity contribution in [2.24, 2.45) is 0 Å². The molecule has 0 fully saturated rings. The molecule has 1 aliphatic rings. The molecular formula is C12H15NO2. The minimum Gasteiger partial charge on any atom is -0.480 e. The minimum atomic E-state index is 0.475. The average molecular weight is 205 g/mol. The zero-order chi connectivity index (χ0) is 10.8. The van der Waals surface area contributed by atoms with Crippen LogP contribution in [0.2, 0.25) is 0 Å². The summed E-state index contributed by atoms with van der Waals surface area (Å²) in [6.45, 7) is 1.99. The fourth-order valence-corrected chi connectivity index (χ4v) is 2.29.